The van der Waals surface area contributed by atoms with E-state index in [1.807, 2.05) is 18.3 Å². The van der Waals surface area contributed by atoms with Gasteiger partial charge in [0, 0.05) is 17.5 Å². The molecule has 22 heavy (non-hydrogen) atoms. The van der Waals surface area contributed by atoms with Gasteiger partial charge in [0.2, 0.25) is 0 Å². The topological polar surface area (TPSA) is 29.0 Å². The molecular weight excluding hydrogens is 290 g/mol. The van der Waals surface area contributed by atoms with Gasteiger partial charge in [-0.3, -0.25) is 0 Å². The van der Waals surface area contributed by atoms with E-state index in [4.69, 9.17) is 4.98 Å². The highest BCUT2D eigenvalue weighted by Crippen LogP contribution is 2.37. The molecule has 3 nitrogen and oxygen atoms in total. The van der Waals surface area contributed by atoms with Gasteiger partial charge in [-0.2, -0.15) is 0 Å². The Morgan fingerprint density at radius 2 is 2.18 bits per heavy atom. The van der Waals surface area contributed by atoms with Gasteiger partial charge in [0.05, 0.1) is 5.39 Å². The van der Waals surface area contributed by atoms with Crippen LogP contribution in [0.15, 0.2) is 6.07 Å². The Labute approximate surface area is 137 Å². The lowest BCUT2D eigenvalue weighted by Crippen LogP contribution is -2.35. The summed E-state index contributed by atoms with van der Waals surface area (Å²) in [6.45, 7) is 10.1. The molecule has 1 saturated heterocycles. The quantitative estimate of drug-likeness (QED) is 0.780. The maximum Gasteiger partial charge on any atom is 0.141 e. The third-order valence-corrected chi connectivity index (χ3v) is 6.03. The van der Waals surface area contributed by atoms with Crippen molar-refractivity contribution in [3.05, 3.63) is 16.8 Å². The third kappa shape index (κ3) is 2.85. The zero-order valence-electron chi connectivity index (χ0n) is 14.2. The van der Waals surface area contributed by atoms with Gasteiger partial charge in [0.15, 0.2) is 0 Å². The molecule has 3 rings (SSSR count). The van der Waals surface area contributed by atoms with Crippen molar-refractivity contribution in [1.29, 1.82) is 0 Å². The second-order valence-electron chi connectivity index (χ2n) is 6.55. The highest BCUT2D eigenvalue weighted by Gasteiger charge is 2.31. The molecule has 120 valence electrons. The van der Waals surface area contributed by atoms with Crippen molar-refractivity contribution < 1.29 is 0 Å². The monoisotopic (exact) mass is 317 g/mol. The predicted octanol–water partition coefficient (Wildman–Crippen LogP) is 4.97. The zero-order chi connectivity index (χ0) is 15.7. The zero-order valence-corrected chi connectivity index (χ0v) is 15.0. The van der Waals surface area contributed by atoms with Crippen LogP contribution in [-0.4, -0.2) is 22.6 Å². The fraction of sp³-hybridized carbons (Fsp3) is 0.667. The molecule has 4 heteroatoms. The van der Waals surface area contributed by atoms with E-state index in [1.165, 1.54) is 41.8 Å². The van der Waals surface area contributed by atoms with Crippen LogP contribution < -0.4 is 4.90 Å². The summed E-state index contributed by atoms with van der Waals surface area (Å²) in [5.74, 6) is 2.83. The summed E-state index contributed by atoms with van der Waals surface area (Å²) in [5.41, 5.74) is 0. The number of anilines is 1. The molecule has 0 spiro atoms. The first-order chi connectivity index (χ1) is 10.6. The van der Waals surface area contributed by atoms with Gasteiger partial charge in [-0.05, 0) is 44.6 Å². The van der Waals surface area contributed by atoms with Crippen LogP contribution in [0.5, 0.6) is 0 Å². The lowest BCUT2D eigenvalue weighted by atomic mass is 9.95. The minimum atomic E-state index is 0.641. The minimum absolute atomic E-state index is 0.641. The van der Waals surface area contributed by atoms with Crippen molar-refractivity contribution in [2.24, 2.45) is 5.92 Å². The summed E-state index contributed by atoms with van der Waals surface area (Å²) in [4.78, 5) is 14.7. The van der Waals surface area contributed by atoms with Gasteiger partial charge < -0.3 is 4.90 Å². The second-order valence-corrected chi connectivity index (χ2v) is 7.66. The maximum atomic E-state index is 4.85. The van der Waals surface area contributed by atoms with Crippen LogP contribution in [0.4, 0.5) is 5.82 Å². The van der Waals surface area contributed by atoms with Gasteiger partial charge in [-0.15, -0.1) is 11.3 Å². The Hall–Kier alpha value is -1.16. The molecule has 1 fully saturated rings. The SMILES string of the molecule is CCCC(C)C1CCCN1c1nc(C)nc2sc(CC)cc12. The first kappa shape index (κ1) is 15.7. The number of nitrogens with zero attached hydrogens (tertiary/aromatic N) is 3. The molecule has 1 aliphatic heterocycles. The summed E-state index contributed by atoms with van der Waals surface area (Å²) < 4.78 is 0. The van der Waals surface area contributed by atoms with Crippen molar-refractivity contribution in [3.63, 3.8) is 0 Å². The molecule has 2 unspecified atom stereocenters. The third-order valence-electron chi connectivity index (χ3n) is 4.86. The molecule has 0 aliphatic carbocycles. The maximum absolute atomic E-state index is 4.85. The average molecular weight is 318 g/mol. The predicted molar refractivity (Wildman–Crippen MR) is 96.0 cm³/mol. The molecule has 2 aromatic rings. The van der Waals surface area contributed by atoms with Gasteiger partial charge in [-0.25, -0.2) is 9.97 Å². The number of hydrogen-bond donors (Lipinski definition) is 0. The number of aromatic nitrogens is 2. The summed E-state index contributed by atoms with van der Waals surface area (Å²) >= 11 is 1.83. The summed E-state index contributed by atoms with van der Waals surface area (Å²) in [6, 6.07) is 2.96. The highest BCUT2D eigenvalue weighted by molar-refractivity contribution is 7.18. The van der Waals surface area contributed by atoms with Crippen molar-refractivity contribution in [3.8, 4) is 0 Å². The molecule has 2 atom stereocenters. The van der Waals surface area contributed by atoms with Crippen LogP contribution >= 0.6 is 11.3 Å². The van der Waals surface area contributed by atoms with E-state index in [9.17, 15) is 0 Å². The number of thiophene rings is 1. The summed E-state index contributed by atoms with van der Waals surface area (Å²) in [6.07, 6.45) is 6.24. The van der Waals surface area contributed by atoms with E-state index in [-0.39, 0.29) is 0 Å². The van der Waals surface area contributed by atoms with Crippen molar-refractivity contribution in [2.75, 3.05) is 11.4 Å². The Morgan fingerprint density at radius 3 is 2.91 bits per heavy atom. The van der Waals surface area contributed by atoms with Crippen LogP contribution in [-0.2, 0) is 6.42 Å². The molecule has 0 bridgehead atoms. The Bertz CT molecular complexity index is 649. The summed E-state index contributed by atoms with van der Waals surface area (Å²) in [5, 5.41) is 1.27. The second kappa shape index (κ2) is 6.53. The molecule has 3 heterocycles. The first-order valence-corrected chi connectivity index (χ1v) is 9.49. The number of hydrogen-bond acceptors (Lipinski definition) is 4. The average Bonchev–Trinajstić information content (AvgIpc) is 3.12. The van der Waals surface area contributed by atoms with E-state index in [2.05, 4.69) is 36.7 Å². The molecule has 1 aliphatic rings. The van der Waals surface area contributed by atoms with E-state index in [0.29, 0.717) is 6.04 Å². The van der Waals surface area contributed by atoms with Crippen LogP contribution in [0.3, 0.4) is 0 Å². The molecule has 0 saturated carbocycles. The van der Waals surface area contributed by atoms with Crippen molar-refractivity contribution in [2.45, 2.75) is 65.8 Å². The van der Waals surface area contributed by atoms with E-state index >= 15 is 0 Å². The fourth-order valence-electron chi connectivity index (χ4n) is 3.75. The molecule has 0 N–H and O–H groups in total. The van der Waals surface area contributed by atoms with Crippen molar-refractivity contribution >= 4 is 27.4 Å². The number of fused-ring (bicyclic) bond motifs is 1. The standard InChI is InChI=1S/C18H27N3S/c1-5-8-12(3)16-9-7-10-21(16)17-15-11-14(6-2)22-18(15)20-13(4)19-17/h11-12,16H,5-10H2,1-4H3. The Morgan fingerprint density at radius 1 is 1.36 bits per heavy atom. The fourth-order valence-corrected chi connectivity index (χ4v) is 4.76. The smallest absolute Gasteiger partial charge is 0.141 e. The molecule has 0 aromatic carbocycles. The largest absolute Gasteiger partial charge is 0.353 e. The van der Waals surface area contributed by atoms with Crippen LogP contribution in [0.25, 0.3) is 10.2 Å². The molecule has 0 amide bonds. The van der Waals surface area contributed by atoms with Crippen molar-refractivity contribution in [1.82, 2.24) is 9.97 Å². The Kier molecular flexibility index (Phi) is 4.67. The van der Waals surface area contributed by atoms with E-state index < -0.39 is 0 Å². The van der Waals surface area contributed by atoms with Gasteiger partial charge in [0.25, 0.3) is 0 Å². The van der Waals surface area contributed by atoms with E-state index in [0.717, 1.165) is 29.5 Å². The first-order valence-electron chi connectivity index (χ1n) is 8.67. The van der Waals surface area contributed by atoms with Crippen LogP contribution in [0.1, 0.15) is 57.2 Å². The van der Waals surface area contributed by atoms with Gasteiger partial charge in [-0.1, -0.05) is 27.2 Å². The number of rotatable bonds is 5. The van der Waals surface area contributed by atoms with Gasteiger partial charge in [0.1, 0.15) is 16.5 Å². The van der Waals surface area contributed by atoms with Crippen LogP contribution in [0.2, 0.25) is 0 Å². The summed E-state index contributed by atoms with van der Waals surface area (Å²) in [7, 11) is 0. The highest BCUT2D eigenvalue weighted by atomic mass is 32.1. The Balaban J connectivity index is 2.02. The molecule has 2 aromatic heterocycles. The van der Waals surface area contributed by atoms with Gasteiger partial charge >= 0.3 is 0 Å². The minimum Gasteiger partial charge on any atom is -0.353 e. The van der Waals surface area contributed by atoms with Crippen LogP contribution in [0, 0.1) is 12.8 Å². The molecule has 0 radical (unpaired) electrons. The normalized spacial score (nSPS) is 20.0. The van der Waals surface area contributed by atoms with E-state index in [1.54, 1.807) is 0 Å². The molecular formula is C18H27N3S. The number of aryl methyl sites for hydroxylation is 2. The lowest BCUT2D eigenvalue weighted by molar-refractivity contribution is 0.420. The lowest BCUT2D eigenvalue weighted by Gasteiger charge is -2.31.